The van der Waals surface area contributed by atoms with Crippen LogP contribution >= 0.6 is 27.5 Å². The van der Waals surface area contributed by atoms with Gasteiger partial charge in [0.1, 0.15) is 5.82 Å². The topological polar surface area (TPSA) is 12.0 Å². The summed E-state index contributed by atoms with van der Waals surface area (Å²) in [5.41, 5.74) is 3.05. The van der Waals surface area contributed by atoms with Gasteiger partial charge in [0.05, 0.1) is 0 Å². The van der Waals surface area contributed by atoms with E-state index in [0.717, 1.165) is 11.0 Å². The van der Waals surface area contributed by atoms with Gasteiger partial charge in [-0.05, 0) is 60.8 Å². The summed E-state index contributed by atoms with van der Waals surface area (Å²) in [7, 11) is 0. The van der Waals surface area contributed by atoms with Crippen LogP contribution in [0.4, 0.5) is 4.39 Å². The molecule has 112 valence electrons. The van der Waals surface area contributed by atoms with E-state index in [2.05, 4.69) is 47.2 Å². The van der Waals surface area contributed by atoms with Gasteiger partial charge in [-0.1, -0.05) is 46.6 Å². The molecular weight excluding hydrogens is 353 g/mol. The molecule has 1 atom stereocenters. The lowest BCUT2D eigenvalue weighted by atomic mass is 9.95. The monoisotopic (exact) mass is 369 g/mol. The van der Waals surface area contributed by atoms with Crippen molar-refractivity contribution >= 4 is 27.5 Å². The number of nitrogens with one attached hydrogen (secondary N) is 1. The van der Waals surface area contributed by atoms with Gasteiger partial charge >= 0.3 is 0 Å². The molecule has 2 aromatic rings. The van der Waals surface area contributed by atoms with E-state index in [0.29, 0.717) is 17.0 Å². The summed E-state index contributed by atoms with van der Waals surface area (Å²) in [6.45, 7) is 4.95. The van der Waals surface area contributed by atoms with Crippen molar-refractivity contribution in [1.82, 2.24) is 5.32 Å². The van der Waals surface area contributed by atoms with Gasteiger partial charge in [-0.3, -0.25) is 0 Å². The number of likely N-dealkylation sites (N-methyl/N-ethyl adjacent to an activating group) is 1. The highest BCUT2D eigenvalue weighted by molar-refractivity contribution is 9.10. The van der Waals surface area contributed by atoms with Crippen LogP contribution in [0, 0.1) is 12.7 Å². The van der Waals surface area contributed by atoms with E-state index in [1.54, 1.807) is 12.1 Å². The number of rotatable bonds is 5. The lowest BCUT2D eigenvalue weighted by molar-refractivity contribution is 0.526. The van der Waals surface area contributed by atoms with Crippen LogP contribution in [0.15, 0.2) is 40.9 Å². The van der Waals surface area contributed by atoms with E-state index in [1.807, 2.05) is 6.07 Å². The van der Waals surface area contributed by atoms with E-state index in [1.165, 1.54) is 17.2 Å². The SMILES string of the molecule is CCNC(Cc1ccc(Cl)cc1F)c1cc(Br)ccc1C. The number of benzene rings is 2. The predicted octanol–water partition coefficient (Wildman–Crippen LogP) is 5.44. The molecule has 0 radical (unpaired) electrons. The van der Waals surface area contributed by atoms with Gasteiger partial charge in [-0.15, -0.1) is 0 Å². The average molecular weight is 371 g/mol. The molecule has 1 nitrogen and oxygen atoms in total. The van der Waals surface area contributed by atoms with Crippen molar-refractivity contribution < 1.29 is 4.39 Å². The van der Waals surface area contributed by atoms with Crippen LogP contribution in [-0.4, -0.2) is 6.54 Å². The molecule has 0 bridgehead atoms. The zero-order valence-electron chi connectivity index (χ0n) is 12.1. The minimum Gasteiger partial charge on any atom is -0.310 e. The first kappa shape index (κ1) is 16.5. The van der Waals surface area contributed by atoms with Crippen molar-refractivity contribution in [1.29, 1.82) is 0 Å². The zero-order valence-corrected chi connectivity index (χ0v) is 14.4. The quantitative estimate of drug-likeness (QED) is 0.738. The van der Waals surface area contributed by atoms with E-state index in [-0.39, 0.29) is 11.9 Å². The fourth-order valence-corrected chi connectivity index (χ4v) is 2.97. The number of halogens is 3. The Kier molecular flexibility index (Phi) is 5.80. The molecule has 0 aliphatic heterocycles. The Morgan fingerprint density at radius 1 is 1.24 bits per heavy atom. The van der Waals surface area contributed by atoms with Crippen LogP contribution in [-0.2, 0) is 6.42 Å². The fraction of sp³-hybridized carbons (Fsp3) is 0.294. The van der Waals surface area contributed by atoms with Crippen LogP contribution < -0.4 is 5.32 Å². The lowest BCUT2D eigenvalue weighted by Gasteiger charge is -2.21. The van der Waals surface area contributed by atoms with Crippen LogP contribution in [0.5, 0.6) is 0 Å². The molecule has 2 aromatic carbocycles. The van der Waals surface area contributed by atoms with Gasteiger partial charge in [0.25, 0.3) is 0 Å². The summed E-state index contributed by atoms with van der Waals surface area (Å²) in [6.07, 6.45) is 0.591. The first-order chi connectivity index (χ1) is 10.0. The van der Waals surface area contributed by atoms with E-state index >= 15 is 0 Å². The normalized spacial score (nSPS) is 12.4. The third-order valence-electron chi connectivity index (χ3n) is 3.51. The smallest absolute Gasteiger partial charge is 0.127 e. The highest BCUT2D eigenvalue weighted by Gasteiger charge is 2.16. The van der Waals surface area contributed by atoms with Crippen molar-refractivity contribution in [2.75, 3.05) is 6.54 Å². The van der Waals surface area contributed by atoms with Gasteiger partial charge in [0.15, 0.2) is 0 Å². The van der Waals surface area contributed by atoms with Gasteiger partial charge in [0, 0.05) is 15.5 Å². The maximum Gasteiger partial charge on any atom is 0.127 e. The molecule has 0 aliphatic rings. The molecule has 0 amide bonds. The van der Waals surface area contributed by atoms with Crippen LogP contribution in [0.1, 0.15) is 29.7 Å². The zero-order chi connectivity index (χ0) is 15.4. The summed E-state index contributed by atoms with van der Waals surface area (Å²) in [4.78, 5) is 0. The summed E-state index contributed by atoms with van der Waals surface area (Å²) < 4.78 is 15.1. The van der Waals surface area contributed by atoms with Gasteiger partial charge < -0.3 is 5.32 Å². The molecule has 1 N–H and O–H groups in total. The molecule has 4 heteroatoms. The molecule has 0 spiro atoms. The largest absolute Gasteiger partial charge is 0.310 e. The van der Waals surface area contributed by atoms with Gasteiger partial charge in [-0.2, -0.15) is 0 Å². The summed E-state index contributed by atoms with van der Waals surface area (Å²) in [5.74, 6) is -0.252. The Morgan fingerprint density at radius 3 is 2.67 bits per heavy atom. The Labute approximate surface area is 138 Å². The maximum absolute atomic E-state index is 14.0. The highest BCUT2D eigenvalue weighted by atomic mass is 79.9. The fourth-order valence-electron chi connectivity index (χ4n) is 2.43. The summed E-state index contributed by atoms with van der Waals surface area (Å²) in [5, 5.41) is 3.86. The standard InChI is InChI=1S/C17H18BrClFN/c1-3-21-17(15-9-13(18)6-4-11(15)2)8-12-5-7-14(19)10-16(12)20/h4-7,9-10,17,21H,3,8H2,1-2H3. The summed E-state index contributed by atoms with van der Waals surface area (Å²) in [6, 6.07) is 11.1. The van der Waals surface area contributed by atoms with Crippen LogP contribution in [0.3, 0.4) is 0 Å². The Morgan fingerprint density at radius 2 is 2.00 bits per heavy atom. The molecular formula is C17H18BrClFN. The van der Waals surface area contributed by atoms with Gasteiger partial charge in [0.2, 0.25) is 0 Å². The molecule has 0 aromatic heterocycles. The Bertz CT molecular complexity index is 630. The second kappa shape index (κ2) is 7.39. The number of hydrogen-bond donors (Lipinski definition) is 1. The van der Waals surface area contributed by atoms with E-state index < -0.39 is 0 Å². The van der Waals surface area contributed by atoms with E-state index in [4.69, 9.17) is 11.6 Å². The third-order valence-corrected chi connectivity index (χ3v) is 4.23. The molecule has 0 aliphatic carbocycles. The first-order valence-corrected chi connectivity index (χ1v) is 8.11. The first-order valence-electron chi connectivity index (χ1n) is 6.94. The molecule has 0 heterocycles. The van der Waals surface area contributed by atoms with Crippen molar-refractivity contribution in [2.24, 2.45) is 0 Å². The van der Waals surface area contributed by atoms with Crippen LogP contribution in [0.2, 0.25) is 5.02 Å². The molecule has 0 saturated heterocycles. The van der Waals surface area contributed by atoms with Crippen molar-refractivity contribution in [3.05, 3.63) is 68.4 Å². The summed E-state index contributed by atoms with van der Waals surface area (Å²) >= 11 is 9.32. The molecule has 0 saturated carbocycles. The Hall–Kier alpha value is -0.900. The van der Waals surface area contributed by atoms with Crippen molar-refractivity contribution in [3.63, 3.8) is 0 Å². The predicted molar refractivity (Wildman–Crippen MR) is 90.4 cm³/mol. The molecule has 2 rings (SSSR count). The van der Waals surface area contributed by atoms with Crippen molar-refractivity contribution in [2.45, 2.75) is 26.3 Å². The molecule has 21 heavy (non-hydrogen) atoms. The maximum atomic E-state index is 14.0. The second-order valence-electron chi connectivity index (χ2n) is 5.05. The Balaban J connectivity index is 2.32. The minimum absolute atomic E-state index is 0.0724. The lowest BCUT2D eigenvalue weighted by Crippen LogP contribution is -2.24. The van der Waals surface area contributed by atoms with Gasteiger partial charge in [-0.25, -0.2) is 4.39 Å². The van der Waals surface area contributed by atoms with Crippen molar-refractivity contribution in [3.8, 4) is 0 Å². The number of hydrogen-bond acceptors (Lipinski definition) is 1. The molecule has 1 unspecified atom stereocenters. The van der Waals surface area contributed by atoms with Crippen LogP contribution in [0.25, 0.3) is 0 Å². The van der Waals surface area contributed by atoms with E-state index in [9.17, 15) is 4.39 Å². The minimum atomic E-state index is -0.252. The highest BCUT2D eigenvalue weighted by Crippen LogP contribution is 2.26. The molecule has 0 fully saturated rings. The second-order valence-corrected chi connectivity index (χ2v) is 6.40. The number of aryl methyl sites for hydroxylation is 1. The third kappa shape index (κ3) is 4.29. The average Bonchev–Trinajstić information content (AvgIpc) is 2.44.